The minimum absolute atomic E-state index is 0.195. The molecule has 0 saturated carbocycles. The van der Waals surface area contributed by atoms with Crippen molar-refractivity contribution in [2.75, 3.05) is 36.5 Å². The summed E-state index contributed by atoms with van der Waals surface area (Å²) in [5.41, 5.74) is 2.16. The van der Waals surface area contributed by atoms with E-state index in [0.717, 1.165) is 18.8 Å². The van der Waals surface area contributed by atoms with Gasteiger partial charge in [0.25, 0.3) is 11.5 Å². The summed E-state index contributed by atoms with van der Waals surface area (Å²) >= 11 is 0. The minimum Gasteiger partial charge on any atom is -0.378 e. The van der Waals surface area contributed by atoms with Crippen molar-refractivity contribution < 1.29 is 9.53 Å². The van der Waals surface area contributed by atoms with Crippen molar-refractivity contribution in [2.24, 2.45) is 0 Å². The van der Waals surface area contributed by atoms with Crippen molar-refractivity contribution in [3.8, 4) is 5.69 Å². The first-order chi connectivity index (χ1) is 15.7. The molecule has 0 atom stereocenters. The molecule has 7 heteroatoms. The second-order valence-electron chi connectivity index (χ2n) is 7.52. The molecule has 1 fully saturated rings. The molecule has 1 N–H and O–H groups in total. The van der Waals surface area contributed by atoms with Crippen molar-refractivity contribution in [2.45, 2.75) is 0 Å². The number of aromatic nitrogens is 2. The molecule has 1 saturated heterocycles. The summed E-state index contributed by atoms with van der Waals surface area (Å²) in [6.07, 6.45) is 0. The van der Waals surface area contributed by atoms with Gasteiger partial charge in [-0.25, -0.2) is 0 Å². The zero-order valence-corrected chi connectivity index (χ0v) is 17.4. The van der Waals surface area contributed by atoms with E-state index >= 15 is 0 Å². The number of carbonyl (C=O) groups is 1. The summed E-state index contributed by atoms with van der Waals surface area (Å²) in [4.78, 5) is 28.7. The number of benzene rings is 3. The van der Waals surface area contributed by atoms with Gasteiger partial charge in [0.1, 0.15) is 0 Å². The van der Waals surface area contributed by atoms with E-state index in [1.165, 1.54) is 4.68 Å². The molecular formula is C25H22N4O3. The summed E-state index contributed by atoms with van der Waals surface area (Å²) < 4.78 is 6.74. The average Bonchev–Trinajstić information content (AvgIpc) is 2.86. The normalized spacial score (nSPS) is 13.8. The number of ether oxygens (including phenoxy) is 1. The van der Waals surface area contributed by atoms with E-state index in [-0.39, 0.29) is 17.2 Å². The third-order valence-corrected chi connectivity index (χ3v) is 5.52. The van der Waals surface area contributed by atoms with E-state index in [4.69, 9.17) is 4.74 Å². The smallest absolute Gasteiger partial charge is 0.279 e. The van der Waals surface area contributed by atoms with Crippen LogP contribution in [0, 0.1) is 0 Å². The predicted molar refractivity (Wildman–Crippen MR) is 125 cm³/mol. The number of carbonyl (C=O) groups excluding carboxylic acids is 1. The number of anilines is 2. The molecule has 3 aromatic carbocycles. The Morgan fingerprint density at radius 3 is 2.28 bits per heavy atom. The quantitative estimate of drug-likeness (QED) is 0.541. The van der Waals surface area contributed by atoms with Gasteiger partial charge in [-0.3, -0.25) is 9.59 Å². The van der Waals surface area contributed by atoms with Gasteiger partial charge in [0.15, 0.2) is 5.69 Å². The number of amides is 1. The highest BCUT2D eigenvalue weighted by Crippen LogP contribution is 2.27. The van der Waals surface area contributed by atoms with Crippen LogP contribution in [-0.4, -0.2) is 42.0 Å². The number of morpholine rings is 1. The molecule has 7 nitrogen and oxygen atoms in total. The molecule has 1 aliphatic heterocycles. The lowest BCUT2D eigenvalue weighted by atomic mass is 10.1. The van der Waals surface area contributed by atoms with E-state index in [1.54, 1.807) is 36.4 Å². The molecule has 1 aliphatic rings. The molecule has 160 valence electrons. The van der Waals surface area contributed by atoms with E-state index in [2.05, 4.69) is 15.3 Å². The molecule has 0 radical (unpaired) electrons. The van der Waals surface area contributed by atoms with Gasteiger partial charge in [-0.2, -0.15) is 9.78 Å². The van der Waals surface area contributed by atoms with Crippen molar-refractivity contribution in [1.29, 1.82) is 0 Å². The van der Waals surface area contributed by atoms with E-state index in [1.807, 2.05) is 42.5 Å². The van der Waals surface area contributed by atoms with Crippen molar-refractivity contribution in [3.05, 3.63) is 94.9 Å². The second kappa shape index (κ2) is 8.64. The topological polar surface area (TPSA) is 76.5 Å². The molecule has 1 aromatic heterocycles. The third-order valence-electron chi connectivity index (χ3n) is 5.52. The van der Waals surface area contributed by atoms with Gasteiger partial charge in [-0.05, 0) is 30.3 Å². The second-order valence-corrected chi connectivity index (χ2v) is 7.52. The molecule has 2 heterocycles. The Bertz CT molecular complexity index is 1330. The Balaban J connectivity index is 1.58. The Kier molecular flexibility index (Phi) is 5.39. The maximum atomic E-state index is 13.4. The van der Waals surface area contributed by atoms with Gasteiger partial charge < -0.3 is 15.0 Å². The monoisotopic (exact) mass is 426 g/mol. The van der Waals surface area contributed by atoms with Crippen LogP contribution in [0.4, 0.5) is 11.4 Å². The number of nitrogens with one attached hydrogen (secondary N) is 1. The minimum atomic E-state index is -0.369. The number of nitrogens with zero attached hydrogens (tertiary/aromatic N) is 3. The van der Waals surface area contributed by atoms with Gasteiger partial charge in [0.2, 0.25) is 0 Å². The van der Waals surface area contributed by atoms with Crippen LogP contribution < -0.4 is 15.8 Å². The van der Waals surface area contributed by atoms with E-state index < -0.39 is 0 Å². The summed E-state index contributed by atoms with van der Waals surface area (Å²) in [6, 6.07) is 23.9. The molecule has 5 rings (SSSR count). The Morgan fingerprint density at radius 2 is 1.50 bits per heavy atom. The fourth-order valence-corrected chi connectivity index (χ4v) is 3.94. The van der Waals surface area contributed by atoms with Gasteiger partial charge in [0, 0.05) is 18.5 Å². The van der Waals surface area contributed by atoms with Crippen LogP contribution in [0.3, 0.4) is 0 Å². The predicted octanol–water partition coefficient (Wildman–Crippen LogP) is 3.47. The maximum absolute atomic E-state index is 13.4. The molecule has 1 amide bonds. The van der Waals surface area contributed by atoms with Crippen LogP contribution in [0.2, 0.25) is 0 Å². The van der Waals surface area contributed by atoms with Gasteiger partial charge in [-0.1, -0.05) is 48.5 Å². The summed E-state index contributed by atoms with van der Waals surface area (Å²) in [6.45, 7) is 2.81. The number of hydrogen-bond acceptors (Lipinski definition) is 5. The highest BCUT2D eigenvalue weighted by Gasteiger charge is 2.20. The summed E-state index contributed by atoms with van der Waals surface area (Å²) in [5, 5.41) is 8.44. The molecule has 32 heavy (non-hydrogen) atoms. The molecule has 0 spiro atoms. The van der Waals surface area contributed by atoms with Crippen molar-refractivity contribution >= 4 is 28.1 Å². The number of fused-ring (bicyclic) bond motifs is 1. The van der Waals surface area contributed by atoms with Crippen molar-refractivity contribution in [3.63, 3.8) is 0 Å². The lowest BCUT2D eigenvalue weighted by molar-refractivity contribution is 0.102. The van der Waals surface area contributed by atoms with Gasteiger partial charge in [0.05, 0.1) is 35.7 Å². The first-order valence-electron chi connectivity index (χ1n) is 10.5. The highest BCUT2D eigenvalue weighted by atomic mass is 16.5. The number of para-hydroxylation sites is 3. The van der Waals surface area contributed by atoms with Crippen LogP contribution in [0.1, 0.15) is 10.5 Å². The first-order valence-corrected chi connectivity index (χ1v) is 10.5. The van der Waals surface area contributed by atoms with E-state index in [9.17, 15) is 9.59 Å². The van der Waals surface area contributed by atoms with E-state index in [0.29, 0.717) is 35.4 Å². The number of rotatable bonds is 4. The van der Waals surface area contributed by atoms with Crippen LogP contribution >= 0.6 is 0 Å². The van der Waals surface area contributed by atoms with Gasteiger partial charge >= 0.3 is 0 Å². The standard InChI is InChI=1S/C25H22N4O3/c30-24(26-21-12-6-7-13-22(21)28-14-16-32-17-15-28)23-19-10-4-5-11-20(19)25(31)29(27-23)18-8-2-1-3-9-18/h1-13H,14-17H2,(H,26,30). The largest absolute Gasteiger partial charge is 0.378 e. The van der Waals surface area contributed by atoms with Crippen LogP contribution in [0.15, 0.2) is 83.7 Å². The van der Waals surface area contributed by atoms with Crippen LogP contribution in [0.25, 0.3) is 16.5 Å². The Morgan fingerprint density at radius 1 is 0.844 bits per heavy atom. The van der Waals surface area contributed by atoms with Crippen molar-refractivity contribution in [1.82, 2.24) is 9.78 Å². The first kappa shape index (κ1) is 20.0. The maximum Gasteiger partial charge on any atom is 0.279 e. The Hall–Kier alpha value is -3.97. The number of hydrogen-bond donors (Lipinski definition) is 1. The highest BCUT2D eigenvalue weighted by molar-refractivity contribution is 6.12. The SMILES string of the molecule is O=C(Nc1ccccc1N1CCOCC1)c1nn(-c2ccccc2)c(=O)c2ccccc12. The zero-order valence-electron chi connectivity index (χ0n) is 17.4. The summed E-state index contributed by atoms with van der Waals surface area (Å²) in [5.74, 6) is -0.369. The fraction of sp³-hybridized carbons (Fsp3) is 0.160. The third kappa shape index (κ3) is 3.74. The lowest BCUT2D eigenvalue weighted by Gasteiger charge is -2.30. The van der Waals surface area contributed by atoms with Crippen LogP contribution in [0.5, 0.6) is 0 Å². The zero-order chi connectivity index (χ0) is 21.9. The average molecular weight is 426 g/mol. The van der Waals surface area contributed by atoms with Gasteiger partial charge in [-0.15, -0.1) is 0 Å². The molecule has 4 aromatic rings. The van der Waals surface area contributed by atoms with Crippen LogP contribution in [-0.2, 0) is 4.74 Å². The lowest BCUT2D eigenvalue weighted by Crippen LogP contribution is -2.36. The molecule has 0 aliphatic carbocycles. The molecular weight excluding hydrogens is 404 g/mol. The summed E-state index contributed by atoms with van der Waals surface area (Å²) in [7, 11) is 0. The fourth-order valence-electron chi connectivity index (χ4n) is 3.94. The molecule has 0 bridgehead atoms. The molecule has 0 unspecified atom stereocenters. The Labute approximate surface area is 184 Å².